The first kappa shape index (κ1) is 22.6. The van der Waals surface area contributed by atoms with Crippen LogP contribution in [0.4, 0.5) is 5.69 Å². The zero-order valence-corrected chi connectivity index (χ0v) is 17.7. The molecule has 2 aromatic rings. The van der Waals surface area contributed by atoms with Gasteiger partial charge in [0.25, 0.3) is 11.8 Å². The maximum Gasteiger partial charge on any atom is 0.279 e. The fraction of sp³-hybridized carbons (Fsp3) is 0.391. The summed E-state index contributed by atoms with van der Waals surface area (Å²) in [5.41, 5.74) is 4.03. The lowest BCUT2D eigenvalue weighted by Gasteiger charge is -2.20. The largest absolute Gasteiger partial charge is 0.379 e. The Bertz CT molecular complexity index is 808. The van der Waals surface area contributed by atoms with Crippen LogP contribution in [0.5, 0.6) is 0 Å². The predicted molar refractivity (Wildman–Crippen MR) is 115 cm³/mol. The van der Waals surface area contributed by atoms with Gasteiger partial charge >= 0.3 is 0 Å². The van der Waals surface area contributed by atoms with Crippen LogP contribution in [0.3, 0.4) is 0 Å². The van der Waals surface area contributed by atoms with Gasteiger partial charge in [0.15, 0.2) is 13.1 Å². The lowest BCUT2D eigenvalue weighted by Crippen LogP contribution is -3.14. The van der Waals surface area contributed by atoms with Crippen LogP contribution in [-0.4, -0.2) is 45.2 Å². The molecule has 2 atom stereocenters. The summed E-state index contributed by atoms with van der Waals surface area (Å²) in [6.45, 7) is 7.41. The highest BCUT2D eigenvalue weighted by Crippen LogP contribution is 2.17. The van der Waals surface area contributed by atoms with Crippen molar-refractivity contribution in [3.63, 3.8) is 0 Å². The first-order valence-electron chi connectivity index (χ1n) is 9.93. The maximum atomic E-state index is 12.6. The molecule has 0 aliphatic rings. The van der Waals surface area contributed by atoms with Crippen LogP contribution < -0.4 is 15.5 Å². The Morgan fingerprint density at radius 1 is 1.00 bits per heavy atom. The first-order chi connectivity index (χ1) is 13.9. The second-order valence-corrected chi connectivity index (χ2v) is 7.34. The molecule has 2 amide bonds. The number of nitrogens with one attached hydrogen (secondary N) is 3. The van der Waals surface area contributed by atoms with E-state index in [9.17, 15) is 9.59 Å². The molecule has 0 aromatic heterocycles. The highest BCUT2D eigenvalue weighted by Gasteiger charge is 2.20. The van der Waals surface area contributed by atoms with Crippen molar-refractivity contribution in [3.8, 4) is 0 Å². The van der Waals surface area contributed by atoms with E-state index in [0.29, 0.717) is 13.2 Å². The van der Waals surface area contributed by atoms with Crippen molar-refractivity contribution in [1.29, 1.82) is 0 Å². The molecule has 29 heavy (non-hydrogen) atoms. The van der Waals surface area contributed by atoms with Crippen LogP contribution in [-0.2, 0) is 14.3 Å². The molecule has 6 heteroatoms. The Morgan fingerprint density at radius 2 is 1.69 bits per heavy atom. The van der Waals surface area contributed by atoms with Gasteiger partial charge in [0, 0.05) is 12.8 Å². The number of hydrogen-bond donors (Lipinski definition) is 3. The van der Waals surface area contributed by atoms with Crippen LogP contribution in [0, 0.1) is 13.8 Å². The van der Waals surface area contributed by atoms with Gasteiger partial charge < -0.3 is 20.3 Å². The van der Waals surface area contributed by atoms with Crippen LogP contribution in [0.25, 0.3) is 0 Å². The number of amides is 2. The summed E-state index contributed by atoms with van der Waals surface area (Å²) in [6, 6.07) is 15.6. The van der Waals surface area contributed by atoms with E-state index in [1.54, 1.807) is 7.11 Å². The summed E-state index contributed by atoms with van der Waals surface area (Å²) < 4.78 is 5.15. The molecule has 6 nitrogen and oxygen atoms in total. The third kappa shape index (κ3) is 7.33. The molecule has 0 aliphatic carbocycles. The average molecular weight is 399 g/mol. The zero-order valence-electron chi connectivity index (χ0n) is 17.7. The molecule has 2 rings (SSSR count). The summed E-state index contributed by atoms with van der Waals surface area (Å²) in [4.78, 5) is 26.0. The standard InChI is InChI=1S/C23H31N3O3/c1-17-9-8-12-21(18(17)2)25-23(28)16-26(13-14-29-4)15-22(27)24-19(3)20-10-6-5-7-11-20/h5-12,19H,13-16H2,1-4H3,(H,24,27)(H,25,28)/p+1/t19-/m1/s1. The summed E-state index contributed by atoms with van der Waals surface area (Å²) in [7, 11) is 1.62. The highest BCUT2D eigenvalue weighted by molar-refractivity contribution is 5.92. The van der Waals surface area contributed by atoms with Crippen molar-refractivity contribution in [2.24, 2.45) is 0 Å². The molecule has 3 N–H and O–H groups in total. The number of methoxy groups -OCH3 is 1. The monoisotopic (exact) mass is 398 g/mol. The first-order valence-corrected chi connectivity index (χ1v) is 9.93. The minimum absolute atomic E-state index is 0.0869. The zero-order chi connectivity index (χ0) is 21.2. The number of anilines is 1. The number of carbonyl (C=O) groups is 2. The number of hydrogen-bond acceptors (Lipinski definition) is 3. The molecular formula is C23H32N3O3+. The van der Waals surface area contributed by atoms with Gasteiger partial charge in [-0.25, -0.2) is 0 Å². The van der Waals surface area contributed by atoms with Gasteiger partial charge in [-0.1, -0.05) is 42.5 Å². The lowest BCUT2D eigenvalue weighted by atomic mass is 10.1. The minimum Gasteiger partial charge on any atom is -0.379 e. The number of carbonyl (C=O) groups excluding carboxylic acids is 2. The smallest absolute Gasteiger partial charge is 0.279 e. The van der Waals surface area contributed by atoms with Crippen LogP contribution >= 0.6 is 0 Å². The molecule has 0 saturated heterocycles. The van der Waals surface area contributed by atoms with E-state index in [4.69, 9.17) is 4.74 Å². The van der Waals surface area contributed by atoms with Gasteiger partial charge in [0.2, 0.25) is 0 Å². The molecule has 0 saturated carbocycles. The summed E-state index contributed by atoms with van der Waals surface area (Å²) in [6.07, 6.45) is 0. The second kappa shape index (κ2) is 11.3. The van der Waals surface area contributed by atoms with E-state index in [2.05, 4.69) is 10.6 Å². The molecule has 0 bridgehead atoms. The van der Waals surface area contributed by atoms with Crippen molar-refractivity contribution >= 4 is 17.5 Å². The van der Waals surface area contributed by atoms with Crippen molar-refractivity contribution in [2.75, 3.05) is 38.7 Å². The molecule has 156 valence electrons. The quantitative estimate of drug-likeness (QED) is 0.570. The fourth-order valence-corrected chi connectivity index (χ4v) is 3.14. The average Bonchev–Trinajstić information content (AvgIpc) is 2.70. The number of benzene rings is 2. The number of ether oxygens (including phenoxy) is 1. The fourth-order valence-electron chi connectivity index (χ4n) is 3.14. The van der Waals surface area contributed by atoms with E-state index in [1.165, 1.54) is 0 Å². The Hall–Kier alpha value is -2.70. The SMILES string of the molecule is COCC[NH+](CC(=O)Nc1cccc(C)c1C)CC(=O)N[C@H](C)c1ccccc1. The molecule has 0 radical (unpaired) electrons. The Kier molecular flexibility index (Phi) is 8.83. The van der Waals surface area contributed by atoms with Crippen molar-refractivity contribution < 1.29 is 19.2 Å². The molecule has 0 heterocycles. The number of aryl methyl sites for hydroxylation is 1. The predicted octanol–water partition coefficient (Wildman–Crippen LogP) is 1.65. The van der Waals surface area contributed by atoms with E-state index in [-0.39, 0.29) is 30.9 Å². The molecule has 0 spiro atoms. The van der Waals surface area contributed by atoms with E-state index in [1.807, 2.05) is 69.3 Å². The maximum absolute atomic E-state index is 12.6. The topological polar surface area (TPSA) is 71.9 Å². The summed E-state index contributed by atoms with van der Waals surface area (Å²) in [5.74, 6) is -0.208. The van der Waals surface area contributed by atoms with Crippen molar-refractivity contribution in [3.05, 3.63) is 65.2 Å². The lowest BCUT2D eigenvalue weighted by molar-refractivity contribution is -0.884. The number of rotatable bonds is 10. The number of quaternary nitrogens is 1. The van der Waals surface area contributed by atoms with Crippen LogP contribution in [0.15, 0.2) is 48.5 Å². The molecule has 0 aliphatic heterocycles. The van der Waals surface area contributed by atoms with Gasteiger partial charge in [-0.3, -0.25) is 9.59 Å². The summed E-state index contributed by atoms with van der Waals surface area (Å²) >= 11 is 0. The van der Waals surface area contributed by atoms with Gasteiger partial charge in [0.1, 0.15) is 6.54 Å². The van der Waals surface area contributed by atoms with Crippen molar-refractivity contribution in [1.82, 2.24) is 5.32 Å². The minimum atomic E-state index is -0.117. The van der Waals surface area contributed by atoms with Gasteiger partial charge in [0.05, 0.1) is 12.6 Å². The van der Waals surface area contributed by atoms with E-state index < -0.39 is 0 Å². The van der Waals surface area contributed by atoms with Gasteiger partial charge in [-0.2, -0.15) is 0 Å². The third-order valence-electron chi connectivity index (χ3n) is 5.04. The molecule has 0 fully saturated rings. The molecule has 2 aromatic carbocycles. The van der Waals surface area contributed by atoms with Crippen LogP contribution in [0.2, 0.25) is 0 Å². The van der Waals surface area contributed by atoms with Gasteiger partial charge in [-0.05, 0) is 43.5 Å². The second-order valence-electron chi connectivity index (χ2n) is 7.34. The Balaban J connectivity index is 1.94. The normalized spacial score (nSPS) is 12.8. The molecular weight excluding hydrogens is 366 g/mol. The summed E-state index contributed by atoms with van der Waals surface area (Å²) in [5, 5.41) is 5.98. The van der Waals surface area contributed by atoms with E-state index >= 15 is 0 Å². The highest BCUT2D eigenvalue weighted by atomic mass is 16.5. The third-order valence-corrected chi connectivity index (χ3v) is 5.04. The molecule has 1 unspecified atom stereocenters. The Morgan fingerprint density at radius 3 is 2.38 bits per heavy atom. The Labute approximate surface area is 173 Å². The van der Waals surface area contributed by atoms with Gasteiger partial charge in [-0.15, -0.1) is 0 Å². The van der Waals surface area contributed by atoms with E-state index in [0.717, 1.165) is 27.3 Å². The van der Waals surface area contributed by atoms with Crippen LogP contribution in [0.1, 0.15) is 29.7 Å². The van der Waals surface area contributed by atoms with Crippen molar-refractivity contribution in [2.45, 2.75) is 26.8 Å².